The highest BCUT2D eigenvalue weighted by molar-refractivity contribution is 6.30. The summed E-state index contributed by atoms with van der Waals surface area (Å²) < 4.78 is 26.1. The quantitative estimate of drug-likeness (QED) is 0.795. The van der Waals surface area contributed by atoms with Crippen LogP contribution in [-0.2, 0) is 11.3 Å². The molecule has 0 aliphatic carbocycles. The Bertz CT molecular complexity index is 647. The van der Waals surface area contributed by atoms with Gasteiger partial charge in [-0.3, -0.25) is 4.79 Å². The van der Waals surface area contributed by atoms with Crippen molar-refractivity contribution in [3.8, 4) is 0 Å². The third-order valence-corrected chi connectivity index (χ3v) is 3.23. The number of carbonyl (C=O) groups is 1. The number of rotatable bonds is 6. The van der Waals surface area contributed by atoms with Crippen LogP contribution in [0.3, 0.4) is 0 Å². The van der Waals surface area contributed by atoms with Crippen LogP contribution in [0.4, 0.5) is 14.5 Å². The fraction of sp³-hybridized carbons (Fsp3) is 0.188. The number of carbonyl (C=O) groups excluding carboxylic acids is 1. The summed E-state index contributed by atoms with van der Waals surface area (Å²) in [6, 6.07) is 10.4. The molecule has 0 atom stereocenters. The van der Waals surface area contributed by atoms with E-state index in [1.54, 1.807) is 12.1 Å². The number of anilines is 1. The Labute approximate surface area is 132 Å². The Morgan fingerprint density at radius 1 is 1.09 bits per heavy atom. The van der Waals surface area contributed by atoms with E-state index < -0.39 is 11.6 Å². The van der Waals surface area contributed by atoms with Crippen molar-refractivity contribution in [2.24, 2.45) is 0 Å². The summed E-state index contributed by atoms with van der Waals surface area (Å²) in [5.74, 6) is -1.81. The van der Waals surface area contributed by atoms with Crippen LogP contribution in [-0.4, -0.2) is 12.5 Å². The molecule has 0 heterocycles. The highest BCUT2D eigenvalue weighted by Gasteiger charge is 2.07. The minimum atomic E-state index is -0.789. The molecule has 0 saturated heterocycles. The molecule has 0 fully saturated rings. The highest BCUT2D eigenvalue weighted by atomic mass is 35.5. The smallest absolute Gasteiger partial charge is 0.225 e. The van der Waals surface area contributed by atoms with Gasteiger partial charge in [0.2, 0.25) is 5.91 Å². The fourth-order valence-corrected chi connectivity index (χ4v) is 1.97. The standard InChI is InChI=1S/C16H15ClF2N2O/c17-12-3-1-11(2-4-12)10-20-8-7-16(22)21-15-6-5-13(18)9-14(15)19/h1-6,9,20H,7-8,10H2,(H,21,22). The van der Waals surface area contributed by atoms with Crippen molar-refractivity contribution >= 4 is 23.2 Å². The molecule has 3 nitrogen and oxygen atoms in total. The molecule has 0 aromatic heterocycles. The second-order valence-electron chi connectivity index (χ2n) is 4.73. The van der Waals surface area contributed by atoms with E-state index in [0.717, 1.165) is 17.7 Å². The lowest BCUT2D eigenvalue weighted by Gasteiger charge is -2.07. The lowest BCUT2D eigenvalue weighted by Crippen LogP contribution is -2.21. The number of amides is 1. The van der Waals surface area contributed by atoms with E-state index >= 15 is 0 Å². The first kappa shape index (κ1) is 16.4. The molecule has 0 unspecified atom stereocenters. The molecule has 2 rings (SSSR count). The maximum Gasteiger partial charge on any atom is 0.225 e. The Morgan fingerprint density at radius 2 is 1.82 bits per heavy atom. The van der Waals surface area contributed by atoms with Gasteiger partial charge in [-0.2, -0.15) is 0 Å². The van der Waals surface area contributed by atoms with Gasteiger partial charge in [0.15, 0.2) is 0 Å². The van der Waals surface area contributed by atoms with Crippen molar-refractivity contribution in [1.82, 2.24) is 5.32 Å². The van der Waals surface area contributed by atoms with E-state index in [1.807, 2.05) is 12.1 Å². The molecule has 2 aromatic carbocycles. The zero-order valence-corrected chi connectivity index (χ0v) is 12.5. The molecule has 0 aliphatic heterocycles. The van der Waals surface area contributed by atoms with Gasteiger partial charge in [0.25, 0.3) is 0 Å². The van der Waals surface area contributed by atoms with Crippen LogP contribution in [0.15, 0.2) is 42.5 Å². The lowest BCUT2D eigenvalue weighted by atomic mass is 10.2. The second kappa shape index (κ2) is 7.87. The maximum atomic E-state index is 13.4. The Kier molecular flexibility index (Phi) is 5.86. The van der Waals surface area contributed by atoms with E-state index in [0.29, 0.717) is 18.1 Å². The minimum Gasteiger partial charge on any atom is -0.324 e. The van der Waals surface area contributed by atoms with Crippen molar-refractivity contribution < 1.29 is 13.6 Å². The molecule has 116 valence electrons. The van der Waals surface area contributed by atoms with E-state index in [9.17, 15) is 13.6 Å². The van der Waals surface area contributed by atoms with Gasteiger partial charge in [0.1, 0.15) is 11.6 Å². The highest BCUT2D eigenvalue weighted by Crippen LogP contribution is 2.15. The van der Waals surface area contributed by atoms with Crippen LogP contribution < -0.4 is 10.6 Å². The van der Waals surface area contributed by atoms with Gasteiger partial charge in [0.05, 0.1) is 5.69 Å². The van der Waals surface area contributed by atoms with Crippen molar-refractivity contribution in [3.05, 3.63) is 64.7 Å². The van der Waals surface area contributed by atoms with Gasteiger partial charge in [-0.1, -0.05) is 23.7 Å². The van der Waals surface area contributed by atoms with Crippen LogP contribution in [0.2, 0.25) is 5.02 Å². The van der Waals surface area contributed by atoms with Gasteiger partial charge in [-0.15, -0.1) is 0 Å². The SMILES string of the molecule is O=C(CCNCc1ccc(Cl)cc1)Nc1ccc(F)cc1F. The van der Waals surface area contributed by atoms with Gasteiger partial charge in [-0.25, -0.2) is 8.78 Å². The van der Waals surface area contributed by atoms with Crippen molar-refractivity contribution in [3.63, 3.8) is 0 Å². The van der Waals surface area contributed by atoms with Crippen LogP contribution in [0, 0.1) is 11.6 Å². The summed E-state index contributed by atoms with van der Waals surface area (Å²) in [6.07, 6.45) is 0.185. The fourth-order valence-electron chi connectivity index (χ4n) is 1.84. The minimum absolute atomic E-state index is 0.0240. The largest absolute Gasteiger partial charge is 0.324 e. The first-order valence-corrected chi connectivity index (χ1v) is 7.12. The first-order valence-electron chi connectivity index (χ1n) is 6.74. The summed E-state index contributed by atoms with van der Waals surface area (Å²) in [4.78, 5) is 11.7. The van der Waals surface area contributed by atoms with Gasteiger partial charge < -0.3 is 10.6 Å². The molecule has 1 amide bonds. The molecule has 22 heavy (non-hydrogen) atoms. The molecule has 0 bridgehead atoms. The Hall–Kier alpha value is -1.98. The third kappa shape index (κ3) is 5.09. The zero-order chi connectivity index (χ0) is 15.9. The van der Waals surface area contributed by atoms with E-state index in [-0.39, 0.29) is 18.0 Å². The van der Waals surface area contributed by atoms with E-state index in [2.05, 4.69) is 10.6 Å². The molecular weight excluding hydrogens is 310 g/mol. The lowest BCUT2D eigenvalue weighted by molar-refractivity contribution is -0.116. The number of benzene rings is 2. The monoisotopic (exact) mass is 324 g/mol. The summed E-state index contributed by atoms with van der Waals surface area (Å²) in [5.41, 5.74) is 1.03. The predicted molar refractivity (Wildman–Crippen MR) is 82.8 cm³/mol. The molecule has 2 N–H and O–H groups in total. The average Bonchev–Trinajstić information content (AvgIpc) is 2.48. The number of halogens is 3. The summed E-state index contributed by atoms with van der Waals surface area (Å²) in [5, 5.41) is 6.18. The van der Waals surface area contributed by atoms with Crippen molar-refractivity contribution in [2.75, 3.05) is 11.9 Å². The topological polar surface area (TPSA) is 41.1 Å². The average molecular weight is 325 g/mol. The van der Waals surface area contributed by atoms with Gasteiger partial charge in [-0.05, 0) is 29.8 Å². The first-order chi connectivity index (χ1) is 10.5. The zero-order valence-electron chi connectivity index (χ0n) is 11.7. The van der Waals surface area contributed by atoms with Crippen molar-refractivity contribution in [2.45, 2.75) is 13.0 Å². The molecule has 2 aromatic rings. The van der Waals surface area contributed by atoms with Crippen molar-refractivity contribution in [1.29, 1.82) is 0 Å². The molecule has 0 aliphatic rings. The van der Waals surface area contributed by atoms with E-state index in [4.69, 9.17) is 11.6 Å². The molecule has 0 spiro atoms. The molecular formula is C16H15ClF2N2O. The van der Waals surface area contributed by atoms with Crippen LogP contribution in [0.5, 0.6) is 0 Å². The maximum absolute atomic E-state index is 13.4. The van der Waals surface area contributed by atoms with Gasteiger partial charge >= 0.3 is 0 Å². The van der Waals surface area contributed by atoms with Gasteiger partial charge in [0, 0.05) is 30.6 Å². The molecule has 0 radical (unpaired) electrons. The normalized spacial score (nSPS) is 10.5. The third-order valence-electron chi connectivity index (χ3n) is 2.98. The van der Waals surface area contributed by atoms with Crippen LogP contribution >= 0.6 is 11.6 Å². The predicted octanol–water partition coefficient (Wildman–Crippen LogP) is 3.74. The number of nitrogens with one attached hydrogen (secondary N) is 2. The second-order valence-corrected chi connectivity index (χ2v) is 5.16. The summed E-state index contributed by atoms with van der Waals surface area (Å²) in [6.45, 7) is 1.05. The summed E-state index contributed by atoms with van der Waals surface area (Å²) in [7, 11) is 0. The Morgan fingerprint density at radius 3 is 2.50 bits per heavy atom. The van der Waals surface area contributed by atoms with Crippen LogP contribution in [0.1, 0.15) is 12.0 Å². The Balaban J connectivity index is 1.72. The van der Waals surface area contributed by atoms with Crippen LogP contribution in [0.25, 0.3) is 0 Å². The molecule has 6 heteroatoms. The number of hydrogen-bond acceptors (Lipinski definition) is 2. The number of hydrogen-bond donors (Lipinski definition) is 2. The van der Waals surface area contributed by atoms with E-state index in [1.165, 1.54) is 6.07 Å². The molecule has 0 saturated carbocycles. The summed E-state index contributed by atoms with van der Waals surface area (Å²) >= 11 is 5.79.